The molecule has 0 spiro atoms. The smallest absolute Gasteiger partial charge is 0.302 e. The molecule has 1 atom stereocenters. The molecule has 1 aliphatic rings. The number of piperidine rings is 1. The highest BCUT2D eigenvalue weighted by Crippen LogP contribution is 2.30. The summed E-state index contributed by atoms with van der Waals surface area (Å²) >= 11 is 0. The lowest BCUT2D eigenvalue weighted by Crippen LogP contribution is -2.44. The van der Waals surface area contributed by atoms with Gasteiger partial charge in [-0.25, -0.2) is 0 Å². The van der Waals surface area contributed by atoms with Gasteiger partial charge in [0, 0.05) is 12.6 Å². The van der Waals surface area contributed by atoms with Crippen LogP contribution in [0, 0.1) is 11.3 Å². The van der Waals surface area contributed by atoms with E-state index in [4.69, 9.17) is 10.00 Å². The van der Waals surface area contributed by atoms with Crippen molar-refractivity contribution >= 4 is 15.9 Å². The van der Waals surface area contributed by atoms with E-state index in [0.29, 0.717) is 12.3 Å². The molecule has 0 aromatic heterocycles. The van der Waals surface area contributed by atoms with Gasteiger partial charge in [0.15, 0.2) is 0 Å². The zero-order chi connectivity index (χ0) is 15.5. The molecule has 1 fully saturated rings. The Labute approximate surface area is 125 Å². The second-order valence-corrected chi connectivity index (χ2v) is 6.68. The third-order valence-corrected chi connectivity index (χ3v) is 5.27. The third-order valence-electron chi connectivity index (χ3n) is 3.65. The summed E-state index contributed by atoms with van der Waals surface area (Å²) in [5.41, 5.74) is 0.433. The largest absolute Gasteiger partial charge is 0.495 e. The third kappa shape index (κ3) is 3.28. The predicted octanol–water partition coefficient (Wildman–Crippen LogP) is 2.10. The van der Waals surface area contributed by atoms with Crippen LogP contribution in [0.1, 0.15) is 31.7 Å². The van der Waals surface area contributed by atoms with E-state index < -0.39 is 10.2 Å². The quantitative estimate of drug-likeness (QED) is 0.923. The molecule has 1 unspecified atom stereocenters. The molecule has 0 aliphatic carbocycles. The maximum atomic E-state index is 12.6. The summed E-state index contributed by atoms with van der Waals surface area (Å²) in [7, 11) is -2.26. The van der Waals surface area contributed by atoms with Gasteiger partial charge in [-0.2, -0.15) is 18.0 Å². The van der Waals surface area contributed by atoms with Crippen molar-refractivity contribution in [1.82, 2.24) is 4.31 Å². The van der Waals surface area contributed by atoms with E-state index in [1.807, 2.05) is 13.0 Å². The highest BCUT2D eigenvalue weighted by Gasteiger charge is 2.30. The minimum absolute atomic E-state index is 0.0449. The first-order chi connectivity index (χ1) is 9.99. The lowest BCUT2D eigenvalue weighted by atomic mass is 10.1. The number of hydrogen-bond acceptors (Lipinski definition) is 4. The van der Waals surface area contributed by atoms with Crippen molar-refractivity contribution in [1.29, 1.82) is 5.26 Å². The van der Waals surface area contributed by atoms with Gasteiger partial charge >= 0.3 is 10.2 Å². The normalized spacial score (nSPS) is 19.8. The highest BCUT2D eigenvalue weighted by molar-refractivity contribution is 7.90. The number of nitrogens with one attached hydrogen (secondary N) is 1. The van der Waals surface area contributed by atoms with Gasteiger partial charge in [0.25, 0.3) is 0 Å². The fraction of sp³-hybridized carbons (Fsp3) is 0.500. The van der Waals surface area contributed by atoms with Crippen molar-refractivity contribution in [3.05, 3.63) is 23.8 Å². The Balaban J connectivity index is 2.35. The van der Waals surface area contributed by atoms with E-state index in [0.717, 1.165) is 19.3 Å². The number of benzene rings is 1. The van der Waals surface area contributed by atoms with E-state index in [1.165, 1.54) is 11.4 Å². The van der Waals surface area contributed by atoms with Crippen molar-refractivity contribution in [3.8, 4) is 11.8 Å². The number of hydrogen-bond donors (Lipinski definition) is 1. The predicted molar refractivity (Wildman–Crippen MR) is 80.3 cm³/mol. The molecule has 1 saturated heterocycles. The van der Waals surface area contributed by atoms with Gasteiger partial charge in [0.1, 0.15) is 17.5 Å². The fourth-order valence-electron chi connectivity index (χ4n) is 2.52. The lowest BCUT2D eigenvalue weighted by molar-refractivity contribution is 0.270. The number of ether oxygens (including phenoxy) is 1. The Morgan fingerprint density at radius 3 is 2.81 bits per heavy atom. The van der Waals surface area contributed by atoms with Gasteiger partial charge in [0.05, 0.1) is 12.7 Å². The molecule has 0 amide bonds. The van der Waals surface area contributed by atoms with Crippen LogP contribution in [0.15, 0.2) is 18.2 Å². The Morgan fingerprint density at radius 1 is 1.43 bits per heavy atom. The van der Waals surface area contributed by atoms with E-state index in [1.54, 1.807) is 18.2 Å². The number of nitrogens with zero attached hydrogens (tertiary/aromatic N) is 2. The fourth-order valence-corrected chi connectivity index (χ4v) is 4.05. The molecule has 0 radical (unpaired) electrons. The Morgan fingerprint density at radius 2 is 2.19 bits per heavy atom. The van der Waals surface area contributed by atoms with Crippen LogP contribution >= 0.6 is 0 Å². The van der Waals surface area contributed by atoms with Crippen LogP contribution in [-0.4, -0.2) is 32.4 Å². The first-order valence-electron chi connectivity index (χ1n) is 6.86. The zero-order valence-corrected chi connectivity index (χ0v) is 13.0. The first kappa shape index (κ1) is 15.6. The Hall–Kier alpha value is -1.78. The maximum absolute atomic E-state index is 12.6. The summed E-state index contributed by atoms with van der Waals surface area (Å²) < 4.78 is 34.2. The van der Waals surface area contributed by atoms with E-state index in [-0.39, 0.29) is 17.3 Å². The summed E-state index contributed by atoms with van der Waals surface area (Å²) in [6, 6.07) is 6.77. The molecule has 1 aromatic rings. The molecule has 1 aromatic carbocycles. The average Bonchev–Trinajstić information content (AvgIpc) is 2.47. The molecular formula is C14H19N3O3S. The van der Waals surface area contributed by atoms with Gasteiger partial charge in [-0.1, -0.05) is 12.5 Å². The SMILES string of the molecule is COc1cccc(C#N)c1NS(=O)(=O)N1CCCCC1C. The molecule has 6 nitrogen and oxygen atoms in total. The summed E-state index contributed by atoms with van der Waals surface area (Å²) in [5.74, 6) is 0.335. The van der Waals surface area contributed by atoms with E-state index in [2.05, 4.69) is 4.72 Å². The molecule has 0 saturated carbocycles. The van der Waals surface area contributed by atoms with Crippen molar-refractivity contribution in [3.63, 3.8) is 0 Å². The number of methoxy groups -OCH3 is 1. The monoisotopic (exact) mass is 309 g/mol. The van der Waals surface area contributed by atoms with Crippen LogP contribution in [0.3, 0.4) is 0 Å². The molecule has 1 heterocycles. The molecule has 114 valence electrons. The van der Waals surface area contributed by atoms with Crippen molar-refractivity contribution in [2.24, 2.45) is 0 Å². The second-order valence-electron chi connectivity index (χ2n) is 5.06. The van der Waals surface area contributed by atoms with Crippen molar-refractivity contribution < 1.29 is 13.2 Å². The van der Waals surface area contributed by atoms with Crippen LogP contribution < -0.4 is 9.46 Å². The number of anilines is 1. The van der Waals surface area contributed by atoms with Gasteiger partial charge in [-0.15, -0.1) is 0 Å². The van der Waals surface area contributed by atoms with Crippen LogP contribution in [-0.2, 0) is 10.2 Å². The standard InChI is InChI=1S/C14H19N3O3S/c1-11-6-3-4-9-17(11)21(18,19)16-14-12(10-15)7-5-8-13(14)20-2/h5,7-8,11,16H,3-4,6,9H2,1-2H3. The Kier molecular flexibility index (Phi) is 4.70. The van der Waals surface area contributed by atoms with Crippen LogP contribution in [0.2, 0.25) is 0 Å². The minimum Gasteiger partial charge on any atom is -0.495 e. The van der Waals surface area contributed by atoms with Crippen LogP contribution in [0.25, 0.3) is 0 Å². The minimum atomic E-state index is -3.70. The summed E-state index contributed by atoms with van der Waals surface area (Å²) in [6.45, 7) is 2.39. The van der Waals surface area contributed by atoms with Crippen molar-refractivity contribution in [2.75, 3.05) is 18.4 Å². The summed E-state index contributed by atoms with van der Waals surface area (Å²) in [6.07, 6.45) is 2.73. The zero-order valence-electron chi connectivity index (χ0n) is 12.2. The second kappa shape index (κ2) is 6.33. The van der Waals surface area contributed by atoms with Gasteiger partial charge in [-0.3, -0.25) is 4.72 Å². The molecule has 1 N–H and O–H groups in total. The lowest BCUT2D eigenvalue weighted by Gasteiger charge is -2.32. The molecule has 7 heteroatoms. The molecule has 0 bridgehead atoms. The van der Waals surface area contributed by atoms with Crippen molar-refractivity contribution in [2.45, 2.75) is 32.2 Å². The van der Waals surface area contributed by atoms with Gasteiger partial charge < -0.3 is 4.74 Å². The van der Waals surface area contributed by atoms with Crippen LogP contribution in [0.4, 0.5) is 5.69 Å². The number of rotatable bonds is 4. The maximum Gasteiger partial charge on any atom is 0.302 e. The number of para-hydroxylation sites is 1. The topological polar surface area (TPSA) is 82.4 Å². The molecule has 2 rings (SSSR count). The Bertz CT molecular complexity index is 652. The summed E-state index contributed by atoms with van der Waals surface area (Å²) in [4.78, 5) is 0. The first-order valence-corrected chi connectivity index (χ1v) is 8.30. The average molecular weight is 309 g/mol. The molecule has 21 heavy (non-hydrogen) atoms. The van der Waals surface area contributed by atoms with E-state index in [9.17, 15) is 8.42 Å². The molecular weight excluding hydrogens is 290 g/mol. The van der Waals surface area contributed by atoms with Crippen LogP contribution in [0.5, 0.6) is 5.75 Å². The van der Waals surface area contributed by atoms with Gasteiger partial charge in [0.2, 0.25) is 0 Å². The highest BCUT2D eigenvalue weighted by atomic mass is 32.2. The number of nitriles is 1. The van der Waals surface area contributed by atoms with E-state index >= 15 is 0 Å². The molecule has 1 aliphatic heterocycles. The van der Waals surface area contributed by atoms with Gasteiger partial charge in [-0.05, 0) is 31.9 Å². The summed E-state index contributed by atoms with van der Waals surface area (Å²) in [5, 5.41) is 9.14.